The molecular weight excluding hydrogens is 383 g/mol. The van der Waals surface area contributed by atoms with Crippen molar-refractivity contribution in [2.75, 3.05) is 18.4 Å². The van der Waals surface area contributed by atoms with Crippen LogP contribution in [0, 0.1) is 11.8 Å². The van der Waals surface area contributed by atoms with Crippen molar-refractivity contribution < 1.29 is 14.7 Å². The minimum absolute atomic E-state index is 0.0934. The number of nitrogens with zero attached hydrogens (tertiary/aromatic N) is 1. The highest BCUT2D eigenvalue weighted by Gasteiger charge is 2.37. The average molecular weight is 396 g/mol. The second-order valence-corrected chi connectivity index (χ2v) is 6.73. The van der Waals surface area contributed by atoms with Gasteiger partial charge in [-0.25, -0.2) is 4.79 Å². The average Bonchev–Trinajstić information content (AvgIpc) is 2.75. The number of likely N-dealkylation sites (tertiary alicyclic amines) is 1. The molecule has 2 atom stereocenters. The third-order valence-corrected chi connectivity index (χ3v) is 4.51. The Labute approximate surface area is 140 Å². The summed E-state index contributed by atoms with van der Waals surface area (Å²) in [5.74, 6) is -1.53. The van der Waals surface area contributed by atoms with Crippen molar-refractivity contribution in [1.82, 2.24) is 4.90 Å². The number of anilines is 1. The first-order valence-corrected chi connectivity index (χ1v) is 7.77. The second kappa shape index (κ2) is 6.42. The van der Waals surface area contributed by atoms with Gasteiger partial charge < -0.3 is 15.3 Å². The van der Waals surface area contributed by atoms with Gasteiger partial charge in [0.2, 0.25) is 0 Å². The summed E-state index contributed by atoms with van der Waals surface area (Å²) < 4.78 is 0.705. The van der Waals surface area contributed by atoms with Gasteiger partial charge in [-0.3, -0.25) is 4.79 Å². The van der Waals surface area contributed by atoms with Crippen LogP contribution in [0.15, 0.2) is 16.6 Å². The van der Waals surface area contributed by atoms with Gasteiger partial charge in [0, 0.05) is 17.6 Å². The van der Waals surface area contributed by atoms with Crippen molar-refractivity contribution in [1.29, 1.82) is 0 Å². The molecule has 1 aliphatic rings. The normalized spacial score (nSPS) is 21.4. The zero-order chi connectivity index (χ0) is 15.7. The number of carbonyl (C=O) groups is 2. The van der Waals surface area contributed by atoms with Gasteiger partial charge in [0.1, 0.15) is 0 Å². The number of benzene rings is 1. The molecule has 1 fully saturated rings. The van der Waals surface area contributed by atoms with E-state index in [1.807, 2.05) is 6.92 Å². The van der Waals surface area contributed by atoms with Crippen molar-refractivity contribution in [2.24, 2.45) is 11.8 Å². The number of carboxylic acids is 1. The Morgan fingerprint density at radius 2 is 1.90 bits per heavy atom. The van der Waals surface area contributed by atoms with E-state index in [1.54, 1.807) is 12.1 Å². The Kier molecular flexibility index (Phi) is 5.01. The maximum absolute atomic E-state index is 12.2. The quantitative estimate of drug-likeness (QED) is 0.796. The predicted octanol–water partition coefficient (Wildman–Crippen LogP) is 3.94. The molecule has 0 unspecified atom stereocenters. The lowest BCUT2D eigenvalue weighted by Gasteiger charge is -2.18. The minimum atomic E-state index is -0.891. The first-order chi connectivity index (χ1) is 9.79. The summed E-state index contributed by atoms with van der Waals surface area (Å²) in [6.45, 7) is 2.37. The lowest BCUT2D eigenvalue weighted by atomic mass is 9.99. The monoisotopic (exact) mass is 394 g/mol. The largest absolute Gasteiger partial charge is 0.481 e. The molecule has 1 aliphatic heterocycles. The molecule has 5 nitrogen and oxygen atoms in total. The summed E-state index contributed by atoms with van der Waals surface area (Å²) in [5, 5.41) is 12.3. The predicted molar refractivity (Wildman–Crippen MR) is 85.0 cm³/mol. The van der Waals surface area contributed by atoms with Gasteiger partial charge in [0.25, 0.3) is 0 Å². The Morgan fingerprint density at radius 3 is 2.38 bits per heavy atom. The third-order valence-electron chi connectivity index (χ3n) is 3.46. The number of amides is 2. The lowest BCUT2D eigenvalue weighted by Crippen LogP contribution is -2.34. The van der Waals surface area contributed by atoms with E-state index >= 15 is 0 Å². The topological polar surface area (TPSA) is 69.6 Å². The van der Waals surface area contributed by atoms with Crippen molar-refractivity contribution in [3.63, 3.8) is 0 Å². The van der Waals surface area contributed by atoms with Crippen molar-refractivity contribution in [3.05, 3.63) is 26.7 Å². The number of urea groups is 1. The zero-order valence-corrected chi connectivity index (χ0v) is 14.2. The molecule has 2 amide bonds. The van der Waals surface area contributed by atoms with Crippen LogP contribution in [0.25, 0.3) is 0 Å². The Morgan fingerprint density at radius 1 is 1.33 bits per heavy atom. The highest BCUT2D eigenvalue weighted by Crippen LogP contribution is 2.34. The van der Waals surface area contributed by atoms with Crippen LogP contribution >= 0.6 is 39.1 Å². The molecule has 0 aliphatic carbocycles. The Hall–Kier alpha value is -0.980. The summed E-state index contributed by atoms with van der Waals surface area (Å²) >= 11 is 15.4. The molecule has 1 aromatic carbocycles. The van der Waals surface area contributed by atoms with E-state index in [-0.39, 0.29) is 12.5 Å². The summed E-state index contributed by atoms with van der Waals surface area (Å²) in [6, 6.07) is 2.84. The highest BCUT2D eigenvalue weighted by molar-refractivity contribution is 9.10. The van der Waals surface area contributed by atoms with Crippen molar-refractivity contribution in [2.45, 2.75) is 6.92 Å². The van der Waals surface area contributed by atoms with Crippen LogP contribution in [0.5, 0.6) is 0 Å². The van der Waals surface area contributed by atoms with Crippen molar-refractivity contribution in [3.8, 4) is 0 Å². The number of hydrogen-bond donors (Lipinski definition) is 2. The first kappa shape index (κ1) is 16.4. The number of hydrogen-bond acceptors (Lipinski definition) is 2. The standard InChI is InChI=1S/C13H13BrCl2N2O3/c1-6-4-18(5-8(6)12(19)20)13(21)17-11-9(15)2-7(14)3-10(11)16/h2-3,6,8H,4-5H2,1H3,(H,17,21)(H,19,20)/t6-,8-/m1/s1. The first-order valence-electron chi connectivity index (χ1n) is 6.23. The van der Waals surface area contributed by atoms with E-state index in [0.717, 1.165) is 0 Å². The highest BCUT2D eigenvalue weighted by atomic mass is 79.9. The van der Waals surface area contributed by atoms with Gasteiger partial charge in [-0.15, -0.1) is 0 Å². The van der Waals surface area contributed by atoms with Gasteiger partial charge in [0.15, 0.2) is 0 Å². The molecule has 0 radical (unpaired) electrons. The fourth-order valence-corrected chi connectivity index (χ4v) is 3.60. The Bertz CT molecular complexity index is 574. The van der Waals surface area contributed by atoms with Gasteiger partial charge in [-0.05, 0) is 18.1 Å². The van der Waals surface area contributed by atoms with Crippen LogP contribution in [-0.4, -0.2) is 35.1 Å². The molecule has 2 rings (SSSR count). The fraction of sp³-hybridized carbons (Fsp3) is 0.385. The zero-order valence-electron chi connectivity index (χ0n) is 11.1. The van der Waals surface area contributed by atoms with E-state index in [0.29, 0.717) is 26.8 Å². The molecular formula is C13H13BrCl2N2O3. The van der Waals surface area contributed by atoms with Gasteiger partial charge in [-0.1, -0.05) is 46.1 Å². The summed E-state index contributed by atoms with van der Waals surface area (Å²) in [4.78, 5) is 24.7. The molecule has 1 saturated heterocycles. The van der Waals surface area contributed by atoms with Crippen LogP contribution in [-0.2, 0) is 4.79 Å². The second-order valence-electron chi connectivity index (χ2n) is 5.00. The molecule has 0 saturated carbocycles. The SMILES string of the molecule is C[C@@H]1CN(C(=O)Nc2c(Cl)cc(Br)cc2Cl)C[C@H]1C(=O)O. The molecule has 0 aromatic heterocycles. The van der Waals surface area contributed by atoms with Crippen LogP contribution in [0.3, 0.4) is 0 Å². The van der Waals surface area contributed by atoms with E-state index in [1.165, 1.54) is 4.90 Å². The van der Waals surface area contributed by atoms with Crippen molar-refractivity contribution >= 4 is 56.8 Å². The maximum atomic E-state index is 12.2. The lowest BCUT2D eigenvalue weighted by molar-refractivity contribution is -0.142. The smallest absolute Gasteiger partial charge is 0.321 e. The Balaban J connectivity index is 2.11. The van der Waals surface area contributed by atoms with Crippen LogP contribution in [0.2, 0.25) is 10.0 Å². The third kappa shape index (κ3) is 3.62. The minimum Gasteiger partial charge on any atom is -0.481 e. The fourth-order valence-electron chi connectivity index (χ4n) is 2.30. The number of rotatable bonds is 2. The molecule has 114 valence electrons. The van der Waals surface area contributed by atoms with Gasteiger partial charge >= 0.3 is 12.0 Å². The molecule has 8 heteroatoms. The molecule has 0 spiro atoms. The number of carbonyl (C=O) groups excluding carboxylic acids is 1. The van der Waals surface area contributed by atoms with E-state index in [2.05, 4.69) is 21.2 Å². The molecule has 2 N–H and O–H groups in total. The van der Waals surface area contributed by atoms with Gasteiger partial charge in [0.05, 0.1) is 21.7 Å². The van der Waals surface area contributed by atoms with Gasteiger partial charge in [-0.2, -0.15) is 0 Å². The van der Waals surface area contributed by atoms with Crippen LogP contribution in [0.1, 0.15) is 6.92 Å². The van der Waals surface area contributed by atoms with Crippen LogP contribution < -0.4 is 5.32 Å². The summed E-state index contributed by atoms with van der Waals surface area (Å²) in [7, 11) is 0. The molecule has 1 heterocycles. The maximum Gasteiger partial charge on any atom is 0.321 e. The van der Waals surface area contributed by atoms with E-state index in [4.69, 9.17) is 28.3 Å². The van der Waals surface area contributed by atoms with E-state index < -0.39 is 17.9 Å². The van der Waals surface area contributed by atoms with Crippen LogP contribution in [0.4, 0.5) is 10.5 Å². The molecule has 0 bridgehead atoms. The number of carboxylic acid groups (broad SMARTS) is 1. The van der Waals surface area contributed by atoms with E-state index in [9.17, 15) is 9.59 Å². The number of halogens is 3. The summed E-state index contributed by atoms with van der Waals surface area (Å²) in [5.41, 5.74) is 0.318. The molecule has 1 aromatic rings. The number of nitrogens with one attached hydrogen (secondary N) is 1. The number of aliphatic carboxylic acids is 1. The molecule has 21 heavy (non-hydrogen) atoms. The summed E-state index contributed by atoms with van der Waals surface area (Å²) in [6.07, 6.45) is 0.